The maximum absolute atomic E-state index is 8.83. The molecule has 0 aliphatic carbocycles. The lowest BCUT2D eigenvalue weighted by Crippen LogP contribution is -2.17. The van der Waals surface area contributed by atoms with E-state index in [0.717, 1.165) is 18.1 Å². The van der Waals surface area contributed by atoms with E-state index in [9.17, 15) is 0 Å². The number of aromatic nitrogens is 2. The van der Waals surface area contributed by atoms with Crippen LogP contribution >= 0.6 is 0 Å². The van der Waals surface area contributed by atoms with Crippen molar-refractivity contribution in [2.75, 3.05) is 11.4 Å². The van der Waals surface area contributed by atoms with Crippen molar-refractivity contribution in [1.29, 1.82) is 5.26 Å². The second-order valence-corrected chi connectivity index (χ2v) is 3.45. The second kappa shape index (κ2) is 5.08. The molecule has 0 bridgehead atoms. The van der Waals surface area contributed by atoms with Crippen molar-refractivity contribution in [3.05, 3.63) is 48.4 Å². The van der Waals surface area contributed by atoms with Gasteiger partial charge in [0.1, 0.15) is 23.9 Å². The number of anilines is 2. The van der Waals surface area contributed by atoms with Crippen LogP contribution in [0.2, 0.25) is 0 Å². The van der Waals surface area contributed by atoms with E-state index in [4.69, 9.17) is 5.26 Å². The zero-order valence-corrected chi connectivity index (χ0v) is 9.54. The molecular weight excluding hydrogens is 212 g/mol. The molecule has 4 nitrogen and oxygen atoms in total. The van der Waals surface area contributed by atoms with Crippen LogP contribution in [0.4, 0.5) is 11.5 Å². The lowest BCUT2D eigenvalue weighted by molar-refractivity contribution is 0.972. The van der Waals surface area contributed by atoms with Crippen LogP contribution in [0.15, 0.2) is 42.7 Å². The van der Waals surface area contributed by atoms with Gasteiger partial charge in [0.05, 0.1) is 0 Å². The monoisotopic (exact) mass is 224 g/mol. The molecule has 0 aliphatic heterocycles. The van der Waals surface area contributed by atoms with Gasteiger partial charge >= 0.3 is 0 Å². The Hall–Kier alpha value is -2.41. The molecule has 0 unspecified atom stereocenters. The fourth-order valence-electron chi connectivity index (χ4n) is 1.64. The maximum atomic E-state index is 8.83. The van der Waals surface area contributed by atoms with Crippen molar-refractivity contribution in [2.45, 2.75) is 6.92 Å². The third-order valence-electron chi connectivity index (χ3n) is 2.43. The molecule has 1 aromatic heterocycles. The summed E-state index contributed by atoms with van der Waals surface area (Å²) in [5.74, 6) is 0.741. The summed E-state index contributed by atoms with van der Waals surface area (Å²) in [6, 6.07) is 13.7. The molecule has 0 fully saturated rings. The van der Waals surface area contributed by atoms with Crippen molar-refractivity contribution in [1.82, 2.24) is 9.97 Å². The molecule has 0 aliphatic rings. The summed E-state index contributed by atoms with van der Waals surface area (Å²) in [4.78, 5) is 10.1. The van der Waals surface area contributed by atoms with Crippen LogP contribution in [0, 0.1) is 11.3 Å². The molecule has 0 amide bonds. The van der Waals surface area contributed by atoms with Gasteiger partial charge in [-0.3, -0.25) is 0 Å². The van der Waals surface area contributed by atoms with Gasteiger partial charge in [-0.25, -0.2) is 9.97 Å². The summed E-state index contributed by atoms with van der Waals surface area (Å²) >= 11 is 0. The number of nitriles is 1. The number of benzene rings is 1. The van der Waals surface area contributed by atoms with E-state index in [-0.39, 0.29) is 0 Å². The second-order valence-electron chi connectivity index (χ2n) is 3.45. The minimum Gasteiger partial charge on any atom is -0.327 e. The first-order chi connectivity index (χ1) is 8.35. The van der Waals surface area contributed by atoms with Crippen molar-refractivity contribution < 1.29 is 0 Å². The average Bonchev–Trinajstić information content (AvgIpc) is 2.41. The van der Waals surface area contributed by atoms with E-state index in [0.29, 0.717) is 5.69 Å². The fraction of sp³-hybridized carbons (Fsp3) is 0.154. The summed E-state index contributed by atoms with van der Waals surface area (Å²) in [6.07, 6.45) is 1.42. The first kappa shape index (κ1) is 11.1. The normalized spacial score (nSPS) is 9.65. The van der Waals surface area contributed by atoms with Gasteiger partial charge in [-0.05, 0) is 19.1 Å². The highest BCUT2D eigenvalue weighted by Crippen LogP contribution is 2.22. The molecule has 0 saturated heterocycles. The summed E-state index contributed by atoms with van der Waals surface area (Å²) < 4.78 is 0. The Balaban J connectivity index is 2.39. The van der Waals surface area contributed by atoms with Crippen LogP contribution in [-0.2, 0) is 0 Å². The number of nitrogens with zero attached hydrogens (tertiary/aromatic N) is 4. The van der Waals surface area contributed by atoms with Gasteiger partial charge < -0.3 is 4.90 Å². The molecule has 0 radical (unpaired) electrons. The molecule has 2 rings (SSSR count). The van der Waals surface area contributed by atoms with Crippen LogP contribution in [-0.4, -0.2) is 16.5 Å². The van der Waals surface area contributed by atoms with Crippen molar-refractivity contribution in [3.8, 4) is 6.07 Å². The number of rotatable bonds is 3. The van der Waals surface area contributed by atoms with E-state index < -0.39 is 0 Å². The number of hydrogen-bond acceptors (Lipinski definition) is 4. The van der Waals surface area contributed by atoms with Crippen LogP contribution in [0.5, 0.6) is 0 Å². The van der Waals surface area contributed by atoms with Crippen molar-refractivity contribution >= 4 is 11.5 Å². The molecule has 2 aromatic rings. The zero-order valence-electron chi connectivity index (χ0n) is 9.54. The molecule has 1 aromatic carbocycles. The molecular formula is C13H12N4. The van der Waals surface area contributed by atoms with Gasteiger partial charge in [0.2, 0.25) is 0 Å². The van der Waals surface area contributed by atoms with Gasteiger partial charge in [-0.1, -0.05) is 18.2 Å². The van der Waals surface area contributed by atoms with Gasteiger partial charge in [0.25, 0.3) is 0 Å². The molecule has 1 heterocycles. The van der Waals surface area contributed by atoms with Gasteiger partial charge in [-0.2, -0.15) is 5.26 Å². The SMILES string of the molecule is CCN(c1ccccc1)c1cc(C#N)ncn1. The Labute approximate surface area is 100 Å². The fourth-order valence-corrected chi connectivity index (χ4v) is 1.64. The van der Waals surface area contributed by atoms with Crippen LogP contribution in [0.1, 0.15) is 12.6 Å². The third-order valence-corrected chi connectivity index (χ3v) is 2.43. The van der Waals surface area contributed by atoms with Crippen molar-refractivity contribution in [3.63, 3.8) is 0 Å². The predicted octanol–water partition coefficient (Wildman–Crippen LogP) is 2.51. The lowest BCUT2D eigenvalue weighted by atomic mass is 10.3. The van der Waals surface area contributed by atoms with Gasteiger partial charge in [0.15, 0.2) is 0 Å². The lowest BCUT2D eigenvalue weighted by Gasteiger charge is -2.21. The van der Waals surface area contributed by atoms with Crippen LogP contribution in [0.25, 0.3) is 0 Å². The molecule has 0 saturated carbocycles. The Morgan fingerprint density at radius 1 is 1.24 bits per heavy atom. The first-order valence-electron chi connectivity index (χ1n) is 5.40. The number of para-hydroxylation sites is 1. The van der Waals surface area contributed by atoms with E-state index >= 15 is 0 Å². The highest BCUT2D eigenvalue weighted by molar-refractivity contribution is 5.60. The molecule has 0 atom stereocenters. The molecule has 0 spiro atoms. The maximum Gasteiger partial charge on any atom is 0.145 e. The quantitative estimate of drug-likeness (QED) is 0.803. The summed E-state index contributed by atoms with van der Waals surface area (Å²) in [6.45, 7) is 2.83. The summed E-state index contributed by atoms with van der Waals surface area (Å²) in [5.41, 5.74) is 1.43. The summed E-state index contributed by atoms with van der Waals surface area (Å²) in [7, 11) is 0. The largest absolute Gasteiger partial charge is 0.327 e. The average molecular weight is 224 g/mol. The van der Waals surface area contributed by atoms with Gasteiger partial charge in [-0.15, -0.1) is 0 Å². The molecule has 17 heavy (non-hydrogen) atoms. The number of hydrogen-bond donors (Lipinski definition) is 0. The Kier molecular flexibility index (Phi) is 3.31. The summed E-state index contributed by atoms with van der Waals surface area (Å²) in [5, 5.41) is 8.83. The van der Waals surface area contributed by atoms with E-state index in [2.05, 4.69) is 9.97 Å². The Morgan fingerprint density at radius 3 is 2.65 bits per heavy atom. The van der Waals surface area contributed by atoms with E-state index in [1.807, 2.05) is 48.2 Å². The Bertz CT molecular complexity index is 531. The highest BCUT2D eigenvalue weighted by atomic mass is 15.2. The minimum atomic E-state index is 0.379. The standard InChI is InChI=1S/C13H12N4/c1-2-17(12-6-4-3-5-7-12)13-8-11(9-14)15-10-16-13/h3-8,10H,2H2,1H3. The van der Waals surface area contributed by atoms with E-state index in [1.165, 1.54) is 6.33 Å². The van der Waals surface area contributed by atoms with E-state index in [1.54, 1.807) is 6.07 Å². The predicted molar refractivity (Wildman–Crippen MR) is 65.9 cm³/mol. The minimum absolute atomic E-state index is 0.379. The smallest absolute Gasteiger partial charge is 0.145 e. The topological polar surface area (TPSA) is 52.8 Å². The Morgan fingerprint density at radius 2 is 2.00 bits per heavy atom. The van der Waals surface area contributed by atoms with Crippen molar-refractivity contribution in [2.24, 2.45) is 0 Å². The molecule has 0 N–H and O–H groups in total. The highest BCUT2D eigenvalue weighted by Gasteiger charge is 2.08. The van der Waals surface area contributed by atoms with Crippen LogP contribution in [0.3, 0.4) is 0 Å². The first-order valence-corrected chi connectivity index (χ1v) is 5.40. The third kappa shape index (κ3) is 2.40. The molecule has 84 valence electrons. The van der Waals surface area contributed by atoms with Gasteiger partial charge in [0, 0.05) is 18.3 Å². The van der Waals surface area contributed by atoms with Crippen LogP contribution < -0.4 is 4.90 Å². The molecule has 4 heteroatoms. The zero-order chi connectivity index (χ0) is 12.1.